The molecule has 1 aromatic heterocycles. The third kappa shape index (κ3) is 4.55. The molecule has 0 aliphatic carbocycles. The molecule has 3 aromatic rings. The number of rotatable bonds is 8. The fourth-order valence-electron chi connectivity index (χ4n) is 2.94. The molecule has 158 valence electrons. The molecule has 0 saturated carbocycles. The number of hydrogen-bond acceptors (Lipinski definition) is 5. The van der Waals surface area contributed by atoms with Crippen LogP contribution < -0.4 is 5.32 Å². The Balaban J connectivity index is 1.73. The Morgan fingerprint density at radius 1 is 1.13 bits per heavy atom. The molecule has 0 saturated heterocycles. The number of nitrogens with zero attached hydrogens (tertiary/aromatic N) is 4. The van der Waals surface area contributed by atoms with Crippen molar-refractivity contribution in [2.45, 2.75) is 25.3 Å². The normalized spacial score (nSPS) is 11.6. The minimum atomic E-state index is -4.02. The van der Waals surface area contributed by atoms with Gasteiger partial charge in [0.2, 0.25) is 10.0 Å². The largest absolute Gasteiger partial charge is 0.348 e. The maximum Gasteiger partial charge on any atom is 0.251 e. The summed E-state index contributed by atoms with van der Waals surface area (Å²) in [6.07, 6.45) is 3.01. The highest BCUT2D eigenvalue weighted by atomic mass is 32.2. The molecule has 8 nitrogen and oxygen atoms in total. The van der Waals surface area contributed by atoms with Crippen LogP contribution >= 0.6 is 0 Å². The highest BCUT2D eigenvalue weighted by Crippen LogP contribution is 2.21. The van der Waals surface area contributed by atoms with Crippen LogP contribution in [0.5, 0.6) is 0 Å². The predicted octanol–water partition coefficient (Wildman–Crippen LogP) is 2.37. The zero-order valence-electron chi connectivity index (χ0n) is 16.6. The van der Waals surface area contributed by atoms with Crippen molar-refractivity contribution in [2.24, 2.45) is 0 Å². The van der Waals surface area contributed by atoms with Gasteiger partial charge in [-0.3, -0.25) is 4.79 Å². The summed E-state index contributed by atoms with van der Waals surface area (Å²) in [5, 5.41) is 6.76. The Bertz CT molecular complexity index is 1110. The van der Waals surface area contributed by atoms with E-state index in [1.165, 1.54) is 12.4 Å². The summed E-state index contributed by atoms with van der Waals surface area (Å²) < 4.78 is 42.3. The van der Waals surface area contributed by atoms with Gasteiger partial charge in [-0.2, -0.15) is 9.40 Å². The molecule has 1 amide bonds. The molecule has 1 N–H and O–H groups in total. The zero-order chi connectivity index (χ0) is 21.7. The van der Waals surface area contributed by atoms with Crippen LogP contribution in [0.2, 0.25) is 0 Å². The van der Waals surface area contributed by atoms with Gasteiger partial charge < -0.3 is 5.32 Å². The standard InChI is InChI=1S/C20H22FN5O3S/c1-3-25(4-2)30(28,29)19-11-16(7-10-18(19)21)20(27)23-12-15-5-8-17(9-6-15)26-14-22-13-24-26/h5-11,13-14H,3-4,12H2,1-2H3,(H,23,27). The van der Waals surface area contributed by atoms with Crippen LogP contribution in [0.3, 0.4) is 0 Å². The average Bonchev–Trinajstić information content (AvgIpc) is 3.28. The van der Waals surface area contributed by atoms with Crippen LogP contribution in [0, 0.1) is 5.82 Å². The number of carbonyl (C=O) groups excluding carboxylic acids is 1. The van der Waals surface area contributed by atoms with Gasteiger partial charge in [-0.25, -0.2) is 22.5 Å². The fraction of sp³-hybridized carbons (Fsp3) is 0.250. The second kappa shape index (κ2) is 9.14. The minimum Gasteiger partial charge on any atom is -0.348 e. The molecule has 30 heavy (non-hydrogen) atoms. The number of aromatic nitrogens is 3. The zero-order valence-corrected chi connectivity index (χ0v) is 17.4. The van der Waals surface area contributed by atoms with Gasteiger partial charge >= 0.3 is 0 Å². The van der Waals surface area contributed by atoms with E-state index in [9.17, 15) is 17.6 Å². The van der Waals surface area contributed by atoms with Gasteiger partial charge in [0, 0.05) is 25.2 Å². The van der Waals surface area contributed by atoms with Crippen molar-refractivity contribution < 1.29 is 17.6 Å². The lowest BCUT2D eigenvalue weighted by molar-refractivity contribution is 0.0950. The van der Waals surface area contributed by atoms with E-state index in [1.54, 1.807) is 24.9 Å². The number of nitrogens with one attached hydrogen (secondary N) is 1. The Morgan fingerprint density at radius 2 is 1.83 bits per heavy atom. The van der Waals surface area contributed by atoms with Crippen molar-refractivity contribution in [3.05, 3.63) is 72.1 Å². The van der Waals surface area contributed by atoms with Crippen molar-refractivity contribution in [2.75, 3.05) is 13.1 Å². The van der Waals surface area contributed by atoms with E-state index in [4.69, 9.17) is 0 Å². The topological polar surface area (TPSA) is 97.2 Å². The van der Waals surface area contributed by atoms with Gasteiger partial charge in [-0.05, 0) is 35.9 Å². The van der Waals surface area contributed by atoms with Gasteiger partial charge in [0.25, 0.3) is 5.91 Å². The molecule has 0 fully saturated rings. The van der Waals surface area contributed by atoms with Gasteiger partial charge in [-0.15, -0.1) is 0 Å². The summed E-state index contributed by atoms with van der Waals surface area (Å²) in [5.74, 6) is -1.38. The lowest BCUT2D eigenvalue weighted by Gasteiger charge is -2.19. The van der Waals surface area contributed by atoms with E-state index >= 15 is 0 Å². The van der Waals surface area contributed by atoms with Gasteiger partial charge in [0.05, 0.1) is 5.69 Å². The number of benzene rings is 2. The number of hydrogen-bond donors (Lipinski definition) is 1. The lowest BCUT2D eigenvalue weighted by Crippen LogP contribution is -2.31. The van der Waals surface area contributed by atoms with E-state index in [2.05, 4.69) is 15.4 Å². The van der Waals surface area contributed by atoms with Crippen LogP contribution in [0.1, 0.15) is 29.8 Å². The lowest BCUT2D eigenvalue weighted by atomic mass is 10.2. The van der Waals surface area contributed by atoms with Crippen molar-refractivity contribution in [3.63, 3.8) is 0 Å². The Hall–Kier alpha value is -3.11. The molecule has 0 radical (unpaired) electrons. The second-order valence-corrected chi connectivity index (χ2v) is 8.33. The molecular formula is C20H22FN5O3S. The molecule has 0 aliphatic rings. The van der Waals surface area contributed by atoms with Crippen LogP contribution in [0.25, 0.3) is 5.69 Å². The molecule has 2 aromatic carbocycles. The van der Waals surface area contributed by atoms with Crippen LogP contribution in [-0.4, -0.2) is 46.5 Å². The van der Waals surface area contributed by atoms with Gasteiger partial charge in [-0.1, -0.05) is 26.0 Å². The molecular weight excluding hydrogens is 409 g/mol. The first kappa shape index (κ1) is 21.6. The summed E-state index contributed by atoms with van der Waals surface area (Å²) in [4.78, 5) is 15.9. The third-order valence-electron chi connectivity index (χ3n) is 4.59. The highest BCUT2D eigenvalue weighted by molar-refractivity contribution is 7.89. The highest BCUT2D eigenvalue weighted by Gasteiger charge is 2.26. The molecule has 1 heterocycles. The van der Waals surface area contributed by atoms with Crippen LogP contribution in [0.4, 0.5) is 4.39 Å². The summed E-state index contributed by atoms with van der Waals surface area (Å²) >= 11 is 0. The molecule has 10 heteroatoms. The first-order chi connectivity index (χ1) is 14.4. The second-order valence-electron chi connectivity index (χ2n) is 6.42. The molecule has 0 unspecified atom stereocenters. The van der Waals surface area contributed by atoms with E-state index in [0.717, 1.165) is 27.7 Å². The summed E-state index contributed by atoms with van der Waals surface area (Å²) in [5.41, 5.74) is 1.74. The van der Waals surface area contributed by atoms with Crippen molar-refractivity contribution in [3.8, 4) is 5.69 Å². The monoisotopic (exact) mass is 431 g/mol. The quantitative estimate of drug-likeness (QED) is 0.591. The summed E-state index contributed by atoms with van der Waals surface area (Å²) in [7, 11) is -4.02. The first-order valence-electron chi connectivity index (χ1n) is 9.38. The number of amides is 1. The maximum absolute atomic E-state index is 14.2. The van der Waals surface area contributed by atoms with Crippen molar-refractivity contribution >= 4 is 15.9 Å². The van der Waals surface area contributed by atoms with E-state index in [0.29, 0.717) is 0 Å². The Labute approximate surface area is 174 Å². The molecule has 3 rings (SSSR count). The van der Waals surface area contributed by atoms with Gasteiger partial charge in [0.15, 0.2) is 0 Å². The fourth-order valence-corrected chi connectivity index (χ4v) is 4.49. The average molecular weight is 431 g/mol. The van der Waals surface area contributed by atoms with E-state index < -0.39 is 26.6 Å². The number of halogens is 1. The Kier molecular flexibility index (Phi) is 6.58. The van der Waals surface area contributed by atoms with Crippen molar-refractivity contribution in [1.82, 2.24) is 24.4 Å². The number of sulfonamides is 1. The molecule has 0 spiro atoms. The molecule has 0 bridgehead atoms. The maximum atomic E-state index is 14.2. The summed E-state index contributed by atoms with van der Waals surface area (Å²) in [6.45, 7) is 3.98. The number of carbonyl (C=O) groups is 1. The molecule has 0 aliphatic heterocycles. The minimum absolute atomic E-state index is 0.0707. The summed E-state index contributed by atoms with van der Waals surface area (Å²) in [6, 6.07) is 10.7. The first-order valence-corrected chi connectivity index (χ1v) is 10.8. The van der Waals surface area contributed by atoms with E-state index in [-0.39, 0.29) is 25.2 Å². The van der Waals surface area contributed by atoms with Crippen LogP contribution in [-0.2, 0) is 16.6 Å². The van der Waals surface area contributed by atoms with E-state index in [1.807, 2.05) is 24.3 Å². The Morgan fingerprint density at radius 3 is 2.43 bits per heavy atom. The van der Waals surface area contributed by atoms with Gasteiger partial charge in [0.1, 0.15) is 23.4 Å². The van der Waals surface area contributed by atoms with Crippen molar-refractivity contribution in [1.29, 1.82) is 0 Å². The SMILES string of the molecule is CCN(CC)S(=O)(=O)c1cc(C(=O)NCc2ccc(-n3cncn3)cc2)ccc1F. The predicted molar refractivity (Wildman–Crippen MR) is 109 cm³/mol. The third-order valence-corrected chi connectivity index (χ3v) is 6.65. The molecule has 0 atom stereocenters. The van der Waals surface area contributed by atoms with Crippen LogP contribution in [0.15, 0.2) is 60.0 Å². The smallest absolute Gasteiger partial charge is 0.251 e.